The van der Waals surface area contributed by atoms with Gasteiger partial charge in [-0.1, -0.05) is 35.5 Å². The zero-order chi connectivity index (χ0) is 22.2. The fraction of sp³-hybridized carbons (Fsp3) is 0.318. The van der Waals surface area contributed by atoms with Crippen LogP contribution in [0, 0.1) is 0 Å². The molecule has 0 aliphatic heterocycles. The maximum atomic E-state index is 12.9. The zero-order valence-electron chi connectivity index (χ0n) is 17.6. The average Bonchev–Trinajstić information content (AvgIpc) is 3.19. The summed E-state index contributed by atoms with van der Waals surface area (Å²) < 4.78 is 17.7. The third-order valence-electron chi connectivity index (χ3n) is 4.60. The first-order valence-electron chi connectivity index (χ1n) is 9.64. The molecule has 0 aliphatic carbocycles. The highest BCUT2D eigenvalue weighted by Crippen LogP contribution is 2.31. The molecule has 3 rings (SSSR count). The van der Waals surface area contributed by atoms with Crippen molar-refractivity contribution in [1.29, 1.82) is 0 Å². The Morgan fingerprint density at radius 2 is 1.90 bits per heavy atom. The minimum Gasteiger partial charge on any atom is -0.497 e. The van der Waals surface area contributed by atoms with Crippen molar-refractivity contribution >= 4 is 29.1 Å². The van der Waals surface area contributed by atoms with Crippen LogP contribution in [0.4, 0.5) is 0 Å². The Morgan fingerprint density at radius 3 is 2.61 bits per heavy atom. The summed E-state index contributed by atoms with van der Waals surface area (Å²) in [5.41, 5.74) is 1.26. The van der Waals surface area contributed by atoms with Gasteiger partial charge in [0.05, 0.1) is 30.6 Å². The van der Waals surface area contributed by atoms with Crippen molar-refractivity contribution in [2.24, 2.45) is 0 Å². The van der Waals surface area contributed by atoms with Gasteiger partial charge in [-0.25, -0.2) is 0 Å². The lowest BCUT2D eigenvalue weighted by Gasteiger charge is -2.12. The molecule has 0 atom stereocenters. The quantitative estimate of drug-likeness (QED) is 0.234. The number of thioether (sulfide) groups is 1. The van der Waals surface area contributed by atoms with Crippen LogP contribution in [0.3, 0.4) is 0 Å². The van der Waals surface area contributed by atoms with Crippen LogP contribution in [0.1, 0.15) is 16.8 Å². The summed E-state index contributed by atoms with van der Waals surface area (Å²) in [5.74, 6) is 1.85. The van der Waals surface area contributed by atoms with Crippen molar-refractivity contribution in [3.05, 3.63) is 53.1 Å². The SMILES string of the molecule is COCCCn1c(SCC(=O)c2cc(OC)ccc2OC)nnc1-c1ccccc1Cl. The first kappa shape index (κ1) is 23.1. The molecule has 0 N–H and O–H groups in total. The normalized spacial score (nSPS) is 10.8. The summed E-state index contributed by atoms with van der Waals surface area (Å²) in [6.45, 7) is 1.24. The summed E-state index contributed by atoms with van der Waals surface area (Å²) >= 11 is 7.70. The third-order valence-corrected chi connectivity index (χ3v) is 5.90. The van der Waals surface area contributed by atoms with Gasteiger partial charge in [0, 0.05) is 25.8 Å². The number of halogens is 1. The molecule has 0 saturated heterocycles. The molecular formula is C22H24ClN3O4S. The van der Waals surface area contributed by atoms with E-state index in [0.717, 1.165) is 12.0 Å². The fourth-order valence-electron chi connectivity index (χ4n) is 3.05. The smallest absolute Gasteiger partial charge is 0.191 e. The Hall–Kier alpha value is -2.55. The standard InChI is InChI=1S/C22H24ClN3O4S/c1-28-12-6-11-26-21(16-7-4-5-8-18(16)23)24-25-22(26)31-14-19(27)17-13-15(29-2)9-10-20(17)30-3/h4-5,7-10,13H,6,11-12,14H2,1-3H3. The minimum atomic E-state index is -0.0912. The van der Waals surface area contributed by atoms with Crippen LogP contribution < -0.4 is 9.47 Å². The number of nitrogens with zero attached hydrogens (tertiary/aromatic N) is 3. The first-order valence-corrected chi connectivity index (χ1v) is 11.0. The molecule has 0 spiro atoms. The van der Waals surface area contributed by atoms with Crippen LogP contribution in [-0.2, 0) is 11.3 Å². The van der Waals surface area contributed by atoms with Gasteiger partial charge in [-0.15, -0.1) is 10.2 Å². The number of hydrogen-bond donors (Lipinski definition) is 0. The van der Waals surface area contributed by atoms with Crippen LogP contribution >= 0.6 is 23.4 Å². The summed E-state index contributed by atoms with van der Waals surface area (Å²) in [5, 5.41) is 9.91. The van der Waals surface area contributed by atoms with Crippen LogP contribution in [0.2, 0.25) is 5.02 Å². The van der Waals surface area contributed by atoms with Crippen molar-refractivity contribution < 1.29 is 19.0 Å². The van der Waals surface area contributed by atoms with E-state index in [1.807, 2.05) is 28.8 Å². The van der Waals surface area contributed by atoms with Crippen molar-refractivity contribution in [2.45, 2.75) is 18.1 Å². The maximum Gasteiger partial charge on any atom is 0.191 e. The molecule has 7 nitrogen and oxygen atoms in total. The highest BCUT2D eigenvalue weighted by Gasteiger charge is 2.19. The van der Waals surface area contributed by atoms with Crippen molar-refractivity contribution in [3.8, 4) is 22.9 Å². The fourth-order valence-corrected chi connectivity index (χ4v) is 4.11. The molecule has 9 heteroatoms. The largest absolute Gasteiger partial charge is 0.497 e. The minimum absolute atomic E-state index is 0.0912. The summed E-state index contributed by atoms with van der Waals surface area (Å²) in [4.78, 5) is 12.9. The predicted molar refractivity (Wildman–Crippen MR) is 122 cm³/mol. The first-order chi connectivity index (χ1) is 15.1. The average molecular weight is 462 g/mol. The van der Waals surface area contributed by atoms with Crippen molar-refractivity contribution in [1.82, 2.24) is 14.8 Å². The molecule has 0 fully saturated rings. The topological polar surface area (TPSA) is 75.5 Å². The molecule has 2 aromatic carbocycles. The maximum absolute atomic E-state index is 12.9. The van der Waals surface area contributed by atoms with E-state index in [-0.39, 0.29) is 11.5 Å². The number of rotatable bonds is 11. The molecule has 31 heavy (non-hydrogen) atoms. The van der Waals surface area contributed by atoms with Gasteiger partial charge in [0.15, 0.2) is 16.8 Å². The van der Waals surface area contributed by atoms with Crippen LogP contribution in [0.15, 0.2) is 47.6 Å². The lowest BCUT2D eigenvalue weighted by Crippen LogP contribution is -2.09. The molecule has 0 unspecified atom stereocenters. The summed E-state index contributed by atoms with van der Waals surface area (Å²) in [6, 6.07) is 12.6. The third kappa shape index (κ3) is 5.58. The summed E-state index contributed by atoms with van der Waals surface area (Å²) in [7, 11) is 4.76. The lowest BCUT2D eigenvalue weighted by molar-refractivity contribution is 0.101. The predicted octanol–water partition coefficient (Wildman–Crippen LogP) is 4.63. The highest BCUT2D eigenvalue weighted by molar-refractivity contribution is 7.99. The number of hydrogen-bond acceptors (Lipinski definition) is 7. The molecule has 0 radical (unpaired) electrons. The molecule has 3 aromatic rings. The monoisotopic (exact) mass is 461 g/mol. The molecule has 0 saturated carbocycles. The zero-order valence-corrected chi connectivity index (χ0v) is 19.2. The number of Topliss-reactive ketones (excluding diaryl/α,β-unsaturated/α-hetero) is 1. The van der Waals surface area contributed by atoms with E-state index in [4.69, 9.17) is 25.8 Å². The molecule has 0 aliphatic rings. The second-order valence-electron chi connectivity index (χ2n) is 6.56. The second-order valence-corrected chi connectivity index (χ2v) is 7.91. The number of ketones is 1. The van der Waals surface area contributed by atoms with E-state index in [1.165, 1.54) is 18.9 Å². The van der Waals surface area contributed by atoms with E-state index < -0.39 is 0 Å². The Morgan fingerprint density at radius 1 is 1.10 bits per heavy atom. The Bertz CT molecular complexity index is 1040. The van der Waals surface area contributed by atoms with Crippen LogP contribution in [0.25, 0.3) is 11.4 Å². The van der Waals surface area contributed by atoms with Crippen LogP contribution in [-0.4, -0.2) is 54.2 Å². The molecular weight excluding hydrogens is 438 g/mol. The molecule has 0 bridgehead atoms. The summed E-state index contributed by atoms with van der Waals surface area (Å²) in [6.07, 6.45) is 0.775. The van der Waals surface area contributed by atoms with E-state index in [9.17, 15) is 4.79 Å². The van der Waals surface area contributed by atoms with Gasteiger partial charge in [-0.2, -0.15) is 0 Å². The Balaban J connectivity index is 1.84. The van der Waals surface area contributed by atoms with Gasteiger partial charge in [-0.3, -0.25) is 4.79 Å². The van der Waals surface area contributed by atoms with Gasteiger partial charge in [0.2, 0.25) is 0 Å². The van der Waals surface area contributed by atoms with Gasteiger partial charge in [0.1, 0.15) is 11.5 Å². The van der Waals surface area contributed by atoms with E-state index >= 15 is 0 Å². The van der Waals surface area contributed by atoms with Crippen LogP contribution in [0.5, 0.6) is 11.5 Å². The lowest BCUT2D eigenvalue weighted by atomic mass is 10.1. The second kappa shape index (κ2) is 11.2. The number of carbonyl (C=O) groups is 1. The molecule has 0 amide bonds. The van der Waals surface area contributed by atoms with Gasteiger partial charge in [-0.05, 0) is 36.8 Å². The number of methoxy groups -OCH3 is 3. The number of carbonyl (C=O) groups excluding carboxylic acids is 1. The molecule has 164 valence electrons. The van der Waals surface area contributed by atoms with Gasteiger partial charge >= 0.3 is 0 Å². The van der Waals surface area contributed by atoms with E-state index in [0.29, 0.717) is 46.2 Å². The van der Waals surface area contributed by atoms with E-state index in [2.05, 4.69) is 10.2 Å². The molecule has 1 aromatic heterocycles. The Labute approximate surface area is 190 Å². The number of benzene rings is 2. The van der Waals surface area contributed by atoms with Crippen molar-refractivity contribution in [3.63, 3.8) is 0 Å². The van der Waals surface area contributed by atoms with E-state index in [1.54, 1.807) is 32.4 Å². The van der Waals surface area contributed by atoms with Crippen molar-refractivity contribution in [2.75, 3.05) is 33.7 Å². The highest BCUT2D eigenvalue weighted by atomic mass is 35.5. The number of ether oxygens (including phenoxy) is 3. The molecule has 1 heterocycles. The van der Waals surface area contributed by atoms with Gasteiger partial charge < -0.3 is 18.8 Å². The Kier molecular flexibility index (Phi) is 8.34. The number of aromatic nitrogens is 3. The van der Waals surface area contributed by atoms with Gasteiger partial charge in [0.25, 0.3) is 0 Å².